The van der Waals surface area contributed by atoms with Gasteiger partial charge >= 0.3 is 0 Å². The van der Waals surface area contributed by atoms with Gasteiger partial charge in [0.2, 0.25) is 0 Å². The van der Waals surface area contributed by atoms with E-state index in [0.717, 1.165) is 38.3 Å². The van der Waals surface area contributed by atoms with Gasteiger partial charge in [0.05, 0.1) is 31.1 Å². The summed E-state index contributed by atoms with van der Waals surface area (Å²) in [5, 5.41) is 14.0. The molecule has 1 saturated heterocycles. The van der Waals surface area contributed by atoms with Gasteiger partial charge in [-0.25, -0.2) is 0 Å². The first-order valence-corrected chi connectivity index (χ1v) is 10.7. The zero-order chi connectivity index (χ0) is 21.5. The van der Waals surface area contributed by atoms with Crippen LogP contribution in [0.5, 0.6) is 0 Å². The molecule has 1 fully saturated rings. The molecular formula is C23H31N4O3+. The summed E-state index contributed by atoms with van der Waals surface area (Å²) in [6.45, 7) is 8.18. The van der Waals surface area contributed by atoms with Gasteiger partial charge in [0.15, 0.2) is 6.04 Å². The number of nitrogens with one attached hydrogen (secondary N) is 2. The molecule has 0 aliphatic carbocycles. The van der Waals surface area contributed by atoms with Gasteiger partial charge in [-0.2, -0.15) is 0 Å². The van der Waals surface area contributed by atoms with Crippen molar-refractivity contribution in [2.45, 2.75) is 32.2 Å². The van der Waals surface area contributed by atoms with E-state index in [1.807, 2.05) is 25.1 Å². The van der Waals surface area contributed by atoms with Crippen LogP contribution in [0.2, 0.25) is 0 Å². The first-order chi connectivity index (χ1) is 14.5. The van der Waals surface area contributed by atoms with E-state index in [1.54, 1.807) is 24.3 Å². The topological polar surface area (TPSA) is 79.9 Å². The maximum atomic E-state index is 12.7. The van der Waals surface area contributed by atoms with Gasteiger partial charge in [-0.05, 0) is 31.0 Å². The monoisotopic (exact) mass is 411 g/mol. The number of carbonyl (C=O) groups is 1. The molecule has 7 nitrogen and oxygen atoms in total. The van der Waals surface area contributed by atoms with Crippen molar-refractivity contribution in [3.05, 3.63) is 70.3 Å². The molecular weight excluding hydrogens is 380 g/mol. The lowest BCUT2D eigenvalue weighted by Crippen LogP contribution is -3.19. The number of nitro groups is 1. The number of carbonyl (C=O) groups excluding carboxylic acids is 1. The van der Waals surface area contributed by atoms with E-state index in [-0.39, 0.29) is 22.6 Å². The quantitative estimate of drug-likeness (QED) is 0.514. The van der Waals surface area contributed by atoms with E-state index < -0.39 is 0 Å². The van der Waals surface area contributed by atoms with Crippen LogP contribution in [0.1, 0.15) is 31.7 Å². The van der Waals surface area contributed by atoms with Gasteiger partial charge in [-0.15, -0.1) is 0 Å². The van der Waals surface area contributed by atoms with Crippen molar-refractivity contribution in [2.24, 2.45) is 0 Å². The summed E-state index contributed by atoms with van der Waals surface area (Å²) in [5.41, 5.74) is 2.36. The Morgan fingerprint density at radius 1 is 1.13 bits per heavy atom. The predicted octanol–water partition coefficient (Wildman–Crippen LogP) is 2.00. The molecule has 30 heavy (non-hydrogen) atoms. The molecule has 1 amide bonds. The Morgan fingerprint density at radius 3 is 2.33 bits per heavy atom. The van der Waals surface area contributed by atoms with Crippen LogP contribution in [0.25, 0.3) is 0 Å². The number of anilines is 1. The lowest BCUT2D eigenvalue weighted by atomic mass is 9.96. The zero-order valence-corrected chi connectivity index (χ0v) is 17.7. The van der Waals surface area contributed by atoms with E-state index in [1.165, 1.54) is 10.5 Å². The van der Waals surface area contributed by atoms with Crippen LogP contribution in [-0.2, 0) is 4.79 Å². The maximum absolute atomic E-state index is 12.7. The van der Waals surface area contributed by atoms with E-state index in [2.05, 4.69) is 29.3 Å². The smallest absolute Gasteiger partial charge is 0.278 e. The number of quaternary nitrogens is 1. The Labute approximate surface area is 177 Å². The lowest BCUT2D eigenvalue weighted by molar-refractivity contribution is -0.914. The normalized spacial score (nSPS) is 16.7. The molecule has 160 valence electrons. The SMILES string of the molecule is CC[C@H](CNC(=O)[C@H](C)[NH+]1CCN(c2ccc([N+](=O)[O-])cc2)CC1)c1ccccc1. The largest absolute Gasteiger partial charge is 0.360 e. The average Bonchev–Trinajstić information content (AvgIpc) is 2.79. The average molecular weight is 412 g/mol. The second-order valence-corrected chi connectivity index (χ2v) is 7.90. The lowest BCUT2D eigenvalue weighted by Gasteiger charge is -2.36. The third-order valence-corrected chi connectivity index (χ3v) is 6.12. The minimum absolute atomic E-state index is 0.0997. The van der Waals surface area contributed by atoms with Crippen molar-refractivity contribution in [2.75, 3.05) is 37.6 Å². The van der Waals surface area contributed by atoms with Crippen LogP contribution in [0.15, 0.2) is 54.6 Å². The number of nitrogens with zero attached hydrogens (tertiary/aromatic N) is 2. The Morgan fingerprint density at radius 2 is 1.77 bits per heavy atom. The number of nitro benzene ring substituents is 1. The van der Waals surface area contributed by atoms with Crippen LogP contribution in [0.4, 0.5) is 11.4 Å². The molecule has 0 bridgehead atoms. The minimum atomic E-state index is -0.382. The Bertz CT molecular complexity index is 833. The Kier molecular flexibility index (Phi) is 7.41. The van der Waals surface area contributed by atoms with Crippen molar-refractivity contribution in [3.8, 4) is 0 Å². The Hall–Kier alpha value is -2.93. The van der Waals surface area contributed by atoms with Gasteiger partial charge in [-0.3, -0.25) is 14.9 Å². The molecule has 0 spiro atoms. The highest BCUT2D eigenvalue weighted by Crippen LogP contribution is 2.19. The van der Waals surface area contributed by atoms with Crippen LogP contribution >= 0.6 is 0 Å². The van der Waals surface area contributed by atoms with E-state index in [4.69, 9.17) is 0 Å². The fourth-order valence-corrected chi connectivity index (χ4v) is 4.06. The van der Waals surface area contributed by atoms with Gasteiger partial charge in [0, 0.05) is 30.3 Å². The first kappa shape index (κ1) is 21.8. The van der Waals surface area contributed by atoms with E-state index >= 15 is 0 Å². The van der Waals surface area contributed by atoms with E-state index in [9.17, 15) is 14.9 Å². The molecule has 2 N–H and O–H groups in total. The van der Waals surface area contributed by atoms with Crippen LogP contribution in [0, 0.1) is 10.1 Å². The van der Waals surface area contributed by atoms with Crippen LogP contribution < -0.4 is 15.1 Å². The molecule has 7 heteroatoms. The zero-order valence-electron chi connectivity index (χ0n) is 17.7. The predicted molar refractivity (Wildman–Crippen MR) is 118 cm³/mol. The van der Waals surface area contributed by atoms with Crippen LogP contribution in [0.3, 0.4) is 0 Å². The number of hydrogen-bond donors (Lipinski definition) is 2. The van der Waals surface area contributed by atoms with Crippen molar-refractivity contribution in [1.82, 2.24) is 5.32 Å². The van der Waals surface area contributed by atoms with E-state index in [0.29, 0.717) is 12.5 Å². The molecule has 2 aromatic rings. The molecule has 0 unspecified atom stereocenters. The number of non-ortho nitro benzene ring substituents is 1. The number of benzene rings is 2. The van der Waals surface area contributed by atoms with Gasteiger partial charge < -0.3 is 15.1 Å². The summed E-state index contributed by atoms with van der Waals surface area (Å²) in [6.07, 6.45) is 0.986. The molecule has 0 saturated carbocycles. The number of piperazine rings is 1. The second kappa shape index (κ2) is 10.2. The summed E-state index contributed by atoms with van der Waals surface area (Å²) >= 11 is 0. The molecule has 0 radical (unpaired) electrons. The van der Waals surface area contributed by atoms with Gasteiger partial charge in [0.1, 0.15) is 0 Å². The third kappa shape index (κ3) is 5.36. The second-order valence-electron chi connectivity index (χ2n) is 7.90. The first-order valence-electron chi connectivity index (χ1n) is 10.7. The maximum Gasteiger partial charge on any atom is 0.278 e. The molecule has 0 aromatic heterocycles. The van der Waals surface area contributed by atoms with Gasteiger partial charge in [0.25, 0.3) is 11.6 Å². The summed E-state index contributed by atoms with van der Waals surface area (Å²) in [4.78, 5) is 26.7. The molecule has 1 aliphatic heterocycles. The van der Waals surface area contributed by atoms with Crippen molar-refractivity contribution in [3.63, 3.8) is 0 Å². The number of amides is 1. The number of rotatable bonds is 8. The minimum Gasteiger partial charge on any atom is -0.360 e. The highest BCUT2D eigenvalue weighted by molar-refractivity contribution is 5.80. The summed E-state index contributed by atoms with van der Waals surface area (Å²) in [7, 11) is 0. The molecule has 3 rings (SSSR count). The van der Waals surface area contributed by atoms with Gasteiger partial charge in [-0.1, -0.05) is 37.3 Å². The molecule has 2 aromatic carbocycles. The Balaban J connectivity index is 1.48. The highest BCUT2D eigenvalue weighted by Gasteiger charge is 2.29. The highest BCUT2D eigenvalue weighted by atomic mass is 16.6. The third-order valence-electron chi connectivity index (χ3n) is 6.12. The molecule has 2 atom stereocenters. The number of hydrogen-bond acceptors (Lipinski definition) is 4. The van der Waals surface area contributed by atoms with Crippen molar-refractivity contribution < 1.29 is 14.6 Å². The summed E-state index contributed by atoms with van der Waals surface area (Å²) in [5.74, 6) is 0.430. The van der Waals surface area contributed by atoms with Crippen molar-refractivity contribution >= 4 is 17.3 Å². The van der Waals surface area contributed by atoms with Crippen LogP contribution in [-0.4, -0.2) is 49.6 Å². The molecule has 1 heterocycles. The fourth-order valence-electron chi connectivity index (χ4n) is 4.06. The summed E-state index contributed by atoms with van der Waals surface area (Å²) < 4.78 is 0. The standard InChI is InChI=1S/C23H30N4O3/c1-3-19(20-7-5-4-6-8-20)17-24-23(28)18(2)25-13-15-26(16-14-25)21-9-11-22(12-10-21)27(29)30/h4-12,18-19H,3,13-17H2,1-2H3,(H,24,28)/p+1/t18-,19+/m0/s1. The molecule has 1 aliphatic rings. The summed E-state index contributed by atoms with van der Waals surface area (Å²) in [6, 6.07) is 16.9. The fraction of sp³-hybridized carbons (Fsp3) is 0.435. The van der Waals surface area contributed by atoms with Crippen molar-refractivity contribution in [1.29, 1.82) is 0 Å².